The third kappa shape index (κ3) is 3.66. The van der Waals surface area contributed by atoms with Crippen LogP contribution in [0.5, 0.6) is 0 Å². The van der Waals surface area contributed by atoms with Gasteiger partial charge in [-0.1, -0.05) is 18.2 Å². The Morgan fingerprint density at radius 2 is 2.07 bits per heavy atom. The largest absolute Gasteiger partial charge is 0.461 e. The summed E-state index contributed by atoms with van der Waals surface area (Å²) < 4.78 is 8.21. The van der Waals surface area contributed by atoms with E-state index in [1.54, 1.807) is 11.1 Å². The fraction of sp³-hybridized carbons (Fsp3) is 0.190. The molecular weight excluding hydrogens is 374 g/mol. The van der Waals surface area contributed by atoms with Crippen LogP contribution in [0.1, 0.15) is 15.9 Å². The zero-order valence-corrected chi connectivity index (χ0v) is 16.1. The molecular formula is C21H19N3O3S. The molecule has 3 aromatic rings. The second kappa shape index (κ2) is 7.90. The second-order valence-electron chi connectivity index (χ2n) is 6.63. The Kier molecular flexibility index (Phi) is 5.16. The number of likely N-dealkylation sites (tertiary alicyclic amines) is 1. The molecule has 0 atom stereocenters. The van der Waals surface area contributed by atoms with Crippen molar-refractivity contribution in [2.45, 2.75) is 17.9 Å². The Bertz CT molecular complexity index is 1030. The van der Waals surface area contributed by atoms with Gasteiger partial charge in [-0.15, -0.1) is 0 Å². The van der Waals surface area contributed by atoms with E-state index in [4.69, 9.17) is 4.74 Å². The topological polar surface area (TPSA) is 71.5 Å². The van der Waals surface area contributed by atoms with Crippen LogP contribution in [0.15, 0.2) is 59.6 Å². The maximum absolute atomic E-state index is 12.5. The fourth-order valence-electron chi connectivity index (χ4n) is 3.13. The summed E-state index contributed by atoms with van der Waals surface area (Å²) in [4.78, 5) is 30.0. The van der Waals surface area contributed by atoms with Gasteiger partial charge in [0.05, 0.1) is 23.5 Å². The lowest BCUT2D eigenvalue weighted by Crippen LogP contribution is -2.54. The number of rotatable bonds is 6. The van der Waals surface area contributed by atoms with Crippen molar-refractivity contribution < 1.29 is 14.3 Å². The number of nitrogens with zero attached hydrogens (tertiary/aromatic N) is 2. The Morgan fingerprint density at radius 1 is 1.25 bits per heavy atom. The highest BCUT2D eigenvalue weighted by Gasteiger charge is 2.32. The highest BCUT2D eigenvalue weighted by molar-refractivity contribution is 8.00. The van der Waals surface area contributed by atoms with Crippen molar-refractivity contribution in [3.05, 3.63) is 65.9 Å². The molecule has 6 nitrogen and oxygen atoms in total. The van der Waals surface area contributed by atoms with Gasteiger partial charge in [0, 0.05) is 22.8 Å². The third-order valence-corrected chi connectivity index (χ3v) is 5.59. The van der Waals surface area contributed by atoms with E-state index in [1.165, 1.54) is 11.9 Å². The Morgan fingerprint density at radius 3 is 2.86 bits per heavy atom. The number of carbonyl (C=O) groups is 2. The summed E-state index contributed by atoms with van der Waals surface area (Å²) >= 11 is 1.50. The number of para-hydroxylation sites is 1. The predicted octanol–water partition coefficient (Wildman–Crippen LogP) is 3.66. The van der Waals surface area contributed by atoms with Crippen LogP contribution in [-0.4, -0.2) is 41.5 Å². The monoisotopic (exact) mass is 393 g/mol. The van der Waals surface area contributed by atoms with Crippen molar-refractivity contribution in [3.8, 4) is 0 Å². The number of carbonyl (C=O) groups excluding carboxylic acids is 2. The number of hydrogen-bond acceptors (Lipinski definition) is 6. The van der Waals surface area contributed by atoms with Gasteiger partial charge in [0.25, 0.3) is 12.4 Å². The van der Waals surface area contributed by atoms with Crippen LogP contribution >= 0.6 is 11.9 Å². The lowest BCUT2D eigenvalue weighted by atomic mass is 10.1. The highest BCUT2D eigenvalue weighted by Crippen LogP contribution is 2.29. The van der Waals surface area contributed by atoms with Gasteiger partial charge in [0.2, 0.25) is 0 Å². The number of amides is 1. The summed E-state index contributed by atoms with van der Waals surface area (Å²) in [5, 5.41) is 1.10. The average molecular weight is 393 g/mol. The van der Waals surface area contributed by atoms with Gasteiger partial charge < -0.3 is 14.4 Å². The normalized spacial score (nSPS) is 13.8. The number of anilines is 1. The standard InChI is InChI=1S/C21H19N3O3S/c1-14-10-16(21(26)24-11-17(12-24)27-13-25)7-8-18(14)23-28-19-6-2-4-15-5-3-9-22-20(15)19/h2-10,13,17,23H,11-12H2,1H3. The van der Waals surface area contributed by atoms with Crippen molar-refractivity contribution in [2.24, 2.45) is 0 Å². The SMILES string of the molecule is Cc1cc(C(=O)N2CC(OC=O)C2)ccc1NSc1cccc2cccnc12. The van der Waals surface area contributed by atoms with E-state index in [0.717, 1.165) is 27.0 Å². The van der Waals surface area contributed by atoms with Gasteiger partial charge >= 0.3 is 0 Å². The predicted molar refractivity (Wildman–Crippen MR) is 109 cm³/mol. The highest BCUT2D eigenvalue weighted by atomic mass is 32.2. The number of aromatic nitrogens is 1. The van der Waals surface area contributed by atoms with Crippen LogP contribution in [0.25, 0.3) is 10.9 Å². The Labute approximate surface area is 167 Å². The zero-order chi connectivity index (χ0) is 19.5. The van der Waals surface area contributed by atoms with E-state index in [0.29, 0.717) is 25.1 Å². The second-order valence-corrected chi connectivity index (χ2v) is 7.48. The molecule has 1 aliphatic rings. The van der Waals surface area contributed by atoms with Gasteiger partial charge in [-0.25, -0.2) is 0 Å². The van der Waals surface area contributed by atoms with E-state index >= 15 is 0 Å². The van der Waals surface area contributed by atoms with Crippen LogP contribution in [0.4, 0.5) is 5.69 Å². The van der Waals surface area contributed by atoms with Gasteiger partial charge in [-0.2, -0.15) is 0 Å². The molecule has 2 heterocycles. The van der Waals surface area contributed by atoms with Crippen LogP contribution in [0.2, 0.25) is 0 Å². The van der Waals surface area contributed by atoms with Gasteiger partial charge in [0.1, 0.15) is 6.10 Å². The maximum atomic E-state index is 12.5. The molecule has 1 amide bonds. The van der Waals surface area contributed by atoms with E-state index in [-0.39, 0.29) is 12.0 Å². The Hall–Kier alpha value is -3.06. The first kappa shape index (κ1) is 18.3. The van der Waals surface area contributed by atoms with E-state index in [9.17, 15) is 9.59 Å². The molecule has 1 N–H and O–H groups in total. The van der Waals surface area contributed by atoms with Crippen LogP contribution in [0.3, 0.4) is 0 Å². The van der Waals surface area contributed by atoms with Crippen molar-refractivity contribution in [1.29, 1.82) is 0 Å². The fourth-order valence-corrected chi connectivity index (χ4v) is 3.99. The number of ether oxygens (including phenoxy) is 1. The van der Waals surface area contributed by atoms with Gasteiger partial charge in [0.15, 0.2) is 0 Å². The Balaban J connectivity index is 1.43. The van der Waals surface area contributed by atoms with Gasteiger partial charge in [-0.3, -0.25) is 14.6 Å². The minimum atomic E-state index is -0.186. The summed E-state index contributed by atoms with van der Waals surface area (Å²) in [6.07, 6.45) is 1.60. The molecule has 2 aromatic carbocycles. The van der Waals surface area contributed by atoms with Gasteiger partial charge in [-0.05, 0) is 54.8 Å². The summed E-state index contributed by atoms with van der Waals surface area (Å²) in [6, 6.07) is 15.6. The first-order valence-electron chi connectivity index (χ1n) is 8.91. The zero-order valence-electron chi connectivity index (χ0n) is 15.3. The molecule has 142 valence electrons. The van der Waals surface area contributed by atoms with E-state index in [2.05, 4.69) is 9.71 Å². The molecule has 7 heteroatoms. The smallest absolute Gasteiger partial charge is 0.293 e. The number of nitrogens with one attached hydrogen (secondary N) is 1. The summed E-state index contributed by atoms with van der Waals surface area (Å²) in [7, 11) is 0. The van der Waals surface area contributed by atoms with Crippen molar-refractivity contribution in [1.82, 2.24) is 9.88 Å². The molecule has 1 aliphatic heterocycles. The van der Waals surface area contributed by atoms with Crippen LogP contribution in [0, 0.1) is 6.92 Å². The van der Waals surface area contributed by atoms with Crippen molar-refractivity contribution in [3.63, 3.8) is 0 Å². The lowest BCUT2D eigenvalue weighted by molar-refractivity contribution is -0.139. The number of fused-ring (bicyclic) bond motifs is 1. The van der Waals surface area contributed by atoms with E-state index < -0.39 is 0 Å². The minimum Gasteiger partial charge on any atom is -0.461 e. The summed E-state index contributed by atoms with van der Waals surface area (Å²) in [6.45, 7) is 3.29. The first-order chi connectivity index (χ1) is 13.7. The molecule has 0 unspecified atom stereocenters. The summed E-state index contributed by atoms with van der Waals surface area (Å²) in [5.74, 6) is -0.0497. The van der Waals surface area contributed by atoms with Crippen LogP contribution < -0.4 is 4.72 Å². The molecule has 0 radical (unpaired) electrons. The minimum absolute atomic E-state index is 0.0497. The third-order valence-electron chi connectivity index (χ3n) is 4.72. The molecule has 4 rings (SSSR count). The molecule has 1 aromatic heterocycles. The summed E-state index contributed by atoms with van der Waals surface area (Å²) in [5.41, 5.74) is 3.51. The maximum Gasteiger partial charge on any atom is 0.293 e. The number of pyridine rings is 1. The average Bonchev–Trinajstić information content (AvgIpc) is 2.69. The number of benzene rings is 2. The molecule has 1 saturated heterocycles. The number of hydrogen-bond donors (Lipinski definition) is 1. The molecule has 1 fully saturated rings. The molecule has 28 heavy (non-hydrogen) atoms. The lowest BCUT2D eigenvalue weighted by Gasteiger charge is -2.37. The van der Waals surface area contributed by atoms with Crippen LogP contribution in [-0.2, 0) is 9.53 Å². The number of aryl methyl sites for hydroxylation is 1. The quantitative estimate of drug-likeness (QED) is 0.509. The first-order valence-corrected chi connectivity index (χ1v) is 9.73. The molecule has 0 spiro atoms. The molecule has 0 bridgehead atoms. The molecule has 0 aliphatic carbocycles. The van der Waals surface area contributed by atoms with Crippen molar-refractivity contribution in [2.75, 3.05) is 17.8 Å². The van der Waals surface area contributed by atoms with Crippen molar-refractivity contribution >= 4 is 40.9 Å². The molecule has 0 saturated carbocycles. The van der Waals surface area contributed by atoms with E-state index in [1.807, 2.05) is 55.5 Å².